The van der Waals surface area contributed by atoms with Crippen molar-refractivity contribution >= 4 is 28.5 Å². The summed E-state index contributed by atoms with van der Waals surface area (Å²) in [5.41, 5.74) is 2.74. The highest BCUT2D eigenvalue weighted by Crippen LogP contribution is 2.32. The summed E-state index contributed by atoms with van der Waals surface area (Å²) in [6.45, 7) is 4.19. The van der Waals surface area contributed by atoms with E-state index < -0.39 is 35.9 Å². The molecular formula is C29H27F3N4O3. The number of alkyl halides is 1. The lowest BCUT2D eigenvalue weighted by molar-refractivity contribution is 0.0691. The van der Waals surface area contributed by atoms with Crippen LogP contribution < -0.4 is 15.8 Å². The summed E-state index contributed by atoms with van der Waals surface area (Å²) >= 11 is 0. The van der Waals surface area contributed by atoms with Gasteiger partial charge in [0.2, 0.25) is 5.95 Å². The van der Waals surface area contributed by atoms with E-state index in [0.29, 0.717) is 35.5 Å². The van der Waals surface area contributed by atoms with Crippen molar-refractivity contribution in [3.63, 3.8) is 0 Å². The number of hydrogen-bond donors (Lipinski definition) is 2. The highest BCUT2D eigenvalue weighted by Gasteiger charge is 2.26. The summed E-state index contributed by atoms with van der Waals surface area (Å²) in [5, 5.41) is 12.8. The first-order valence-corrected chi connectivity index (χ1v) is 12.6. The number of rotatable bonds is 8. The molecule has 10 heteroatoms. The fraction of sp³-hybridized carbons (Fsp3) is 0.276. The van der Waals surface area contributed by atoms with E-state index in [1.165, 1.54) is 10.6 Å². The first-order valence-electron chi connectivity index (χ1n) is 12.6. The number of hydrogen-bond acceptors (Lipinski definition) is 5. The number of carbonyl (C=O) groups is 1. The van der Waals surface area contributed by atoms with E-state index in [4.69, 9.17) is 4.98 Å². The summed E-state index contributed by atoms with van der Waals surface area (Å²) in [6.07, 6.45) is 0.158. The number of aromatic carboxylic acids is 1. The molecule has 3 aromatic carbocycles. The second kappa shape index (κ2) is 10.4. The van der Waals surface area contributed by atoms with Crippen LogP contribution in [0.25, 0.3) is 10.9 Å². The van der Waals surface area contributed by atoms with Gasteiger partial charge < -0.3 is 15.3 Å². The number of fused-ring (bicyclic) bond motifs is 2. The maximum Gasteiger partial charge on any atom is 0.340 e. The number of benzene rings is 3. The van der Waals surface area contributed by atoms with Crippen molar-refractivity contribution in [2.24, 2.45) is 0 Å². The van der Waals surface area contributed by atoms with Gasteiger partial charge in [0.15, 0.2) is 11.6 Å². The molecule has 0 bridgehead atoms. The first-order chi connectivity index (χ1) is 18.7. The fourth-order valence-electron chi connectivity index (χ4n) is 5.15. The van der Waals surface area contributed by atoms with E-state index in [1.807, 2.05) is 42.2 Å². The number of anilines is 2. The molecule has 1 atom stereocenters. The highest BCUT2D eigenvalue weighted by atomic mass is 19.2. The Morgan fingerprint density at radius 1 is 1.13 bits per heavy atom. The molecule has 0 saturated carbocycles. The number of nitrogens with zero attached hydrogens (tertiary/aromatic N) is 3. The average molecular weight is 537 g/mol. The number of aryl methyl sites for hydroxylation is 1. The zero-order valence-corrected chi connectivity index (χ0v) is 21.5. The van der Waals surface area contributed by atoms with E-state index in [0.717, 1.165) is 22.8 Å². The lowest BCUT2D eigenvalue weighted by Crippen LogP contribution is -2.31. The minimum atomic E-state index is -1.61. The monoisotopic (exact) mass is 536 g/mol. The Morgan fingerprint density at radius 3 is 2.46 bits per heavy atom. The Labute approximate surface area is 222 Å². The van der Waals surface area contributed by atoms with Crippen molar-refractivity contribution in [2.45, 2.75) is 45.9 Å². The molecule has 0 fully saturated rings. The number of aromatic nitrogens is 2. The molecule has 1 unspecified atom stereocenters. The van der Waals surface area contributed by atoms with Crippen LogP contribution in [0.2, 0.25) is 0 Å². The maximum atomic E-state index is 14.3. The zero-order valence-electron chi connectivity index (χ0n) is 21.5. The first kappa shape index (κ1) is 26.3. The second-order valence-electron chi connectivity index (χ2n) is 9.74. The second-order valence-corrected chi connectivity index (χ2v) is 9.74. The Balaban J connectivity index is 1.64. The molecule has 202 valence electrons. The van der Waals surface area contributed by atoms with Crippen molar-refractivity contribution in [2.75, 3.05) is 16.9 Å². The molecule has 0 spiro atoms. The van der Waals surface area contributed by atoms with E-state index >= 15 is 0 Å². The van der Waals surface area contributed by atoms with Crippen LogP contribution in [-0.4, -0.2) is 27.3 Å². The smallest absolute Gasteiger partial charge is 0.340 e. The third-order valence-electron chi connectivity index (χ3n) is 7.00. The van der Waals surface area contributed by atoms with E-state index in [1.54, 1.807) is 13.0 Å². The molecule has 0 radical (unpaired) electrons. The third kappa shape index (κ3) is 4.82. The standard InChI is InChI=1S/C29H27F3N4O3/c1-16-12-20(17(2)33-23-9-8-22(31)25(32)24(23)28(38)39)26-21(13-16)27(37)36(11-5-10-30)29(34-26)35-14-18-6-3-4-7-19(18)15-35/h3-4,6-9,12-13,17,33H,5,10-11,14-15H2,1-2H3,(H,38,39). The van der Waals surface area contributed by atoms with Gasteiger partial charge in [-0.1, -0.05) is 30.3 Å². The SMILES string of the molecule is Cc1cc(C(C)Nc2ccc(F)c(F)c2C(=O)O)c2nc(N3Cc4ccccc4C3)n(CCCF)c(=O)c2c1. The van der Waals surface area contributed by atoms with Crippen molar-refractivity contribution in [3.05, 3.63) is 98.3 Å². The van der Waals surface area contributed by atoms with Gasteiger partial charge in [-0.15, -0.1) is 0 Å². The summed E-state index contributed by atoms with van der Waals surface area (Å²) in [5.74, 6) is -3.93. The maximum absolute atomic E-state index is 14.3. The molecule has 0 saturated heterocycles. The molecule has 1 aromatic heterocycles. The van der Waals surface area contributed by atoms with Crippen LogP contribution in [0.3, 0.4) is 0 Å². The molecule has 0 aliphatic carbocycles. The lowest BCUT2D eigenvalue weighted by atomic mass is 10.0. The predicted octanol–water partition coefficient (Wildman–Crippen LogP) is 5.73. The summed E-state index contributed by atoms with van der Waals surface area (Å²) in [6, 6.07) is 12.9. The molecule has 2 N–H and O–H groups in total. The van der Waals surface area contributed by atoms with E-state index in [2.05, 4.69) is 5.32 Å². The number of nitrogens with one attached hydrogen (secondary N) is 1. The third-order valence-corrected chi connectivity index (χ3v) is 7.00. The van der Waals surface area contributed by atoms with Crippen molar-refractivity contribution in [3.8, 4) is 0 Å². The van der Waals surface area contributed by atoms with E-state index in [9.17, 15) is 27.9 Å². The molecule has 7 nitrogen and oxygen atoms in total. The number of carboxylic acids is 1. The van der Waals surface area contributed by atoms with Gasteiger partial charge in [-0.25, -0.2) is 18.6 Å². The Kier molecular flexibility index (Phi) is 7.03. The highest BCUT2D eigenvalue weighted by molar-refractivity contribution is 5.95. The van der Waals surface area contributed by atoms with Crippen molar-refractivity contribution in [1.82, 2.24) is 9.55 Å². The van der Waals surface area contributed by atoms with Crippen LogP contribution in [0.4, 0.5) is 24.8 Å². The summed E-state index contributed by atoms with van der Waals surface area (Å²) in [4.78, 5) is 32.4. The van der Waals surface area contributed by atoms with Crippen LogP contribution in [0.1, 0.15) is 52.0 Å². The summed E-state index contributed by atoms with van der Waals surface area (Å²) < 4.78 is 42.8. The Bertz CT molecular complexity index is 1630. The molecule has 0 amide bonds. The normalized spacial score (nSPS) is 13.5. The minimum absolute atomic E-state index is 0.102. The van der Waals surface area contributed by atoms with Gasteiger partial charge >= 0.3 is 5.97 Å². The van der Waals surface area contributed by atoms with Crippen molar-refractivity contribution in [1.29, 1.82) is 0 Å². The lowest BCUT2D eigenvalue weighted by Gasteiger charge is -2.24. The van der Waals surface area contributed by atoms with Crippen LogP contribution in [-0.2, 0) is 19.6 Å². The Hall–Kier alpha value is -4.34. The predicted molar refractivity (Wildman–Crippen MR) is 143 cm³/mol. The van der Waals surface area contributed by atoms with Gasteiger partial charge in [-0.05, 0) is 55.2 Å². The number of carboxylic acid groups (broad SMARTS) is 1. The topological polar surface area (TPSA) is 87.5 Å². The zero-order chi connectivity index (χ0) is 27.8. The van der Waals surface area contributed by atoms with Crippen LogP contribution in [0.5, 0.6) is 0 Å². The van der Waals surface area contributed by atoms with Gasteiger partial charge in [0.25, 0.3) is 5.56 Å². The van der Waals surface area contributed by atoms with Gasteiger partial charge in [-0.3, -0.25) is 13.8 Å². The minimum Gasteiger partial charge on any atom is -0.478 e. The molecule has 1 aliphatic rings. The summed E-state index contributed by atoms with van der Waals surface area (Å²) in [7, 11) is 0. The molecular weight excluding hydrogens is 509 g/mol. The molecule has 1 aliphatic heterocycles. The van der Waals surface area contributed by atoms with Crippen LogP contribution in [0.15, 0.2) is 53.3 Å². The van der Waals surface area contributed by atoms with Gasteiger partial charge in [0, 0.05) is 25.2 Å². The molecule has 5 rings (SSSR count). The van der Waals surface area contributed by atoms with Gasteiger partial charge in [0.05, 0.1) is 29.3 Å². The molecule has 2 heterocycles. The van der Waals surface area contributed by atoms with Crippen LogP contribution >= 0.6 is 0 Å². The van der Waals surface area contributed by atoms with E-state index in [-0.39, 0.29) is 24.2 Å². The Morgan fingerprint density at radius 2 is 1.82 bits per heavy atom. The average Bonchev–Trinajstić information content (AvgIpc) is 3.34. The number of halogens is 3. The largest absolute Gasteiger partial charge is 0.478 e. The fourth-order valence-corrected chi connectivity index (χ4v) is 5.15. The molecule has 39 heavy (non-hydrogen) atoms. The molecule has 4 aromatic rings. The quantitative estimate of drug-likeness (QED) is 0.299. The van der Waals surface area contributed by atoms with Gasteiger partial charge in [0.1, 0.15) is 5.56 Å². The van der Waals surface area contributed by atoms with Gasteiger partial charge in [-0.2, -0.15) is 0 Å². The van der Waals surface area contributed by atoms with Crippen LogP contribution in [0, 0.1) is 18.6 Å². The van der Waals surface area contributed by atoms with Crippen molar-refractivity contribution < 1.29 is 23.1 Å².